The van der Waals surface area contributed by atoms with Gasteiger partial charge in [-0.05, 0) is 12.1 Å². The molecule has 2 heterocycles. The van der Waals surface area contributed by atoms with Crippen molar-refractivity contribution < 1.29 is 9.53 Å². The van der Waals surface area contributed by atoms with Gasteiger partial charge in [0.1, 0.15) is 5.82 Å². The highest BCUT2D eigenvalue weighted by atomic mass is 16.5. The van der Waals surface area contributed by atoms with Crippen LogP contribution < -0.4 is 10.2 Å². The van der Waals surface area contributed by atoms with E-state index in [2.05, 4.69) is 29.8 Å². The van der Waals surface area contributed by atoms with Crippen molar-refractivity contribution in [3.8, 4) is 0 Å². The Morgan fingerprint density at radius 2 is 2.14 bits per heavy atom. The number of hydrogen-bond donors (Lipinski definition) is 1. The molecule has 1 N–H and O–H groups in total. The van der Waals surface area contributed by atoms with Gasteiger partial charge < -0.3 is 19.9 Å². The van der Waals surface area contributed by atoms with E-state index in [4.69, 9.17) is 0 Å². The monoisotopic (exact) mass is 305 g/mol. The van der Waals surface area contributed by atoms with Crippen LogP contribution >= 0.6 is 0 Å². The minimum absolute atomic E-state index is 0.220. The molecule has 7 heteroatoms. The highest BCUT2D eigenvalue weighted by molar-refractivity contribution is 5.80. The number of aliphatic imine (C=N–C) groups is 1. The summed E-state index contributed by atoms with van der Waals surface area (Å²) in [6.07, 6.45) is 2.15. The molecule has 2 rings (SSSR count). The summed E-state index contributed by atoms with van der Waals surface area (Å²) in [7, 11) is 3.15. The fourth-order valence-corrected chi connectivity index (χ4v) is 2.40. The zero-order chi connectivity index (χ0) is 15.8. The van der Waals surface area contributed by atoms with Gasteiger partial charge in [-0.25, -0.2) is 4.98 Å². The first kappa shape index (κ1) is 16.1. The summed E-state index contributed by atoms with van der Waals surface area (Å²) in [5.41, 5.74) is 0. The minimum atomic E-state index is -0.220. The van der Waals surface area contributed by atoms with Crippen molar-refractivity contribution in [2.24, 2.45) is 4.99 Å². The van der Waals surface area contributed by atoms with E-state index in [0.29, 0.717) is 13.0 Å². The van der Waals surface area contributed by atoms with Gasteiger partial charge in [-0.15, -0.1) is 0 Å². The van der Waals surface area contributed by atoms with Crippen LogP contribution in [0, 0.1) is 0 Å². The molecule has 1 fully saturated rings. The lowest BCUT2D eigenvalue weighted by molar-refractivity contribution is -0.140. The summed E-state index contributed by atoms with van der Waals surface area (Å²) >= 11 is 0. The van der Waals surface area contributed by atoms with Crippen molar-refractivity contribution in [1.29, 1.82) is 0 Å². The van der Waals surface area contributed by atoms with Crippen LogP contribution in [0.25, 0.3) is 0 Å². The minimum Gasteiger partial charge on any atom is -0.469 e. The molecule has 0 spiro atoms. The number of piperazine rings is 1. The number of ether oxygens (including phenoxy) is 1. The zero-order valence-corrected chi connectivity index (χ0v) is 13.2. The van der Waals surface area contributed by atoms with E-state index in [0.717, 1.165) is 38.0 Å². The number of carbonyl (C=O) groups excluding carboxylic acids is 1. The van der Waals surface area contributed by atoms with Crippen LogP contribution in [0.3, 0.4) is 0 Å². The van der Waals surface area contributed by atoms with Crippen LogP contribution in [0.15, 0.2) is 29.4 Å². The molecule has 0 saturated carbocycles. The highest BCUT2D eigenvalue weighted by Crippen LogP contribution is 2.12. The lowest BCUT2D eigenvalue weighted by Gasteiger charge is -2.37. The van der Waals surface area contributed by atoms with E-state index in [9.17, 15) is 4.79 Å². The van der Waals surface area contributed by atoms with Crippen LogP contribution in [0.5, 0.6) is 0 Å². The van der Waals surface area contributed by atoms with E-state index in [-0.39, 0.29) is 5.97 Å². The first-order valence-corrected chi connectivity index (χ1v) is 7.43. The van der Waals surface area contributed by atoms with Crippen LogP contribution in [-0.2, 0) is 9.53 Å². The molecule has 1 aromatic rings. The summed E-state index contributed by atoms with van der Waals surface area (Å²) in [6, 6.07) is 5.95. The number of pyridine rings is 1. The van der Waals surface area contributed by atoms with Gasteiger partial charge >= 0.3 is 5.97 Å². The van der Waals surface area contributed by atoms with Gasteiger partial charge in [0.05, 0.1) is 13.5 Å². The van der Waals surface area contributed by atoms with Crippen LogP contribution in [0.1, 0.15) is 6.42 Å². The standard InChI is InChI=1S/C15H23N5O2/c1-16-15(18-8-6-14(21)22-2)20-11-9-19(10-12-20)13-5-3-4-7-17-13/h3-5,7H,6,8-12H2,1-2H3,(H,16,18). The molecular formula is C15H23N5O2. The van der Waals surface area contributed by atoms with E-state index in [1.165, 1.54) is 7.11 Å². The van der Waals surface area contributed by atoms with Crippen LogP contribution in [0.2, 0.25) is 0 Å². The van der Waals surface area contributed by atoms with E-state index >= 15 is 0 Å². The molecule has 0 radical (unpaired) electrons. The molecule has 22 heavy (non-hydrogen) atoms. The first-order chi connectivity index (χ1) is 10.7. The molecule has 0 aliphatic carbocycles. The normalized spacial score (nSPS) is 15.6. The maximum Gasteiger partial charge on any atom is 0.307 e. The SMILES string of the molecule is CN=C(NCCC(=O)OC)N1CCN(c2ccccn2)CC1. The van der Waals surface area contributed by atoms with Crippen molar-refractivity contribution in [2.45, 2.75) is 6.42 Å². The zero-order valence-electron chi connectivity index (χ0n) is 13.2. The van der Waals surface area contributed by atoms with Gasteiger partial charge in [0.25, 0.3) is 0 Å². The van der Waals surface area contributed by atoms with Crippen molar-refractivity contribution in [3.63, 3.8) is 0 Å². The second-order valence-electron chi connectivity index (χ2n) is 4.96. The molecule has 1 saturated heterocycles. The fourth-order valence-electron chi connectivity index (χ4n) is 2.40. The summed E-state index contributed by atoms with van der Waals surface area (Å²) in [6.45, 7) is 4.06. The summed E-state index contributed by atoms with van der Waals surface area (Å²) in [4.78, 5) is 24.2. The summed E-state index contributed by atoms with van der Waals surface area (Å²) < 4.78 is 4.63. The van der Waals surface area contributed by atoms with Gasteiger partial charge in [-0.2, -0.15) is 0 Å². The summed E-state index contributed by atoms with van der Waals surface area (Å²) in [5.74, 6) is 1.61. The Labute approximate surface area is 131 Å². The van der Waals surface area contributed by atoms with Gasteiger partial charge in [0.15, 0.2) is 5.96 Å². The number of hydrogen-bond acceptors (Lipinski definition) is 5. The van der Waals surface area contributed by atoms with Crippen molar-refractivity contribution >= 4 is 17.7 Å². The number of esters is 1. The topological polar surface area (TPSA) is 70.1 Å². The Bertz CT molecular complexity index is 498. The summed E-state index contributed by atoms with van der Waals surface area (Å²) in [5, 5.41) is 3.20. The van der Waals surface area contributed by atoms with E-state index in [1.807, 2.05) is 24.4 Å². The molecule has 1 aliphatic heterocycles. The molecule has 0 bridgehead atoms. The average molecular weight is 305 g/mol. The maximum atomic E-state index is 11.1. The number of methoxy groups -OCH3 is 1. The Hall–Kier alpha value is -2.31. The molecule has 120 valence electrons. The van der Waals surface area contributed by atoms with Crippen LogP contribution in [-0.4, -0.2) is 68.7 Å². The predicted octanol–water partition coefficient (Wildman–Crippen LogP) is 0.342. The Kier molecular flexibility index (Phi) is 6.00. The molecule has 0 unspecified atom stereocenters. The number of anilines is 1. The highest BCUT2D eigenvalue weighted by Gasteiger charge is 2.20. The molecule has 1 aromatic heterocycles. The second kappa shape index (κ2) is 8.21. The number of carbonyl (C=O) groups is 1. The number of guanidine groups is 1. The number of rotatable bonds is 4. The average Bonchev–Trinajstić information content (AvgIpc) is 2.59. The number of nitrogens with one attached hydrogen (secondary N) is 1. The van der Waals surface area contributed by atoms with Gasteiger partial charge in [-0.1, -0.05) is 6.07 Å². The van der Waals surface area contributed by atoms with Gasteiger partial charge in [0, 0.05) is 46.0 Å². The quantitative estimate of drug-likeness (QED) is 0.491. The van der Waals surface area contributed by atoms with Gasteiger partial charge in [-0.3, -0.25) is 9.79 Å². The van der Waals surface area contributed by atoms with Crippen molar-refractivity contribution in [3.05, 3.63) is 24.4 Å². The molecule has 0 aromatic carbocycles. The van der Waals surface area contributed by atoms with Gasteiger partial charge in [0.2, 0.25) is 0 Å². The molecular weight excluding hydrogens is 282 g/mol. The third kappa shape index (κ3) is 4.34. The molecule has 0 atom stereocenters. The fraction of sp³-hybridized carbons (Fsp3) is 0.533. The smallest absolute Gasteiger partial charge is 0.307 e. The third-order valence-corrected chi connectivity index (χ3v) is 3.60. The molecule has 0 amide bonds. The van der Waals surface area contributed by atoms with Crippen molar-refractivity contribution in [1.82, 2.24) is 15.2 Å². The Balaban J connectivity index is 1.80. The maximum absolute atomic E-state index is 11.1. The Morgan fingerprint density at radius 1 is 1.36 bits per heavy atom. The van der Waals surface area contributed by atoms with Crippen LogP contribution in [0.4, 0.5) is 5.82 Å². The second-order valence-corrected chi connectivity index (χ2v) is 4.96. The molecule has 1 aliphatic rings. The number of aromatic nitrogens is 1. The van der Waals surface area contributed by atoms with E-state index < -0.39 is 0 Å². The number of nitrogens with zero attached hydrogens (tertiary/aromatic N) is 4. The molecule has 7 nitrogen and oxygen atoms in total. The first-order valence-electron chi connectivity index (χ1n) is 7.43. The Morgan fingerprint density at radius 3 is 2.73 bits per heavy atom. The third-order valence-electron chi connectivity index (χ3n) is 3.60. The predicted molar refractivity (Wildman–Crippen MR) is 86.0 cm³/mol. The lowest BCUT2D eigenvalue weighted by Crippen LogP contribution is -2.53. The van der Waals surface area contributed by atoms with E-state index in [1.54, 1.807) is 7.05 Å². The lowest BCUT2D eigenvalue weighted by atomic mass is 10.3. The largest absolute Gasteiger partial charge is 0.469 e. The van der Waals surface area contributed by atoms with Crippen molar-refractivity contribution in [2.75, 3.05) is 51.8 Å².